The van der Waals surface area contributed by atoms with E-state index in [9.17, 15) is 18.0 Å². The normalized spacial score (nSPS) is 11.8. The molecular formula is C30H41N3O10S. The van der Waals surface area contributed by atoms with Crippen molar-refractivity contribution in [2.45, 2.75) is 31.3 Å². The summed E-state index contributed by atoms with van der Waals surface area (Å²) in [6, 6.07) is 12.9. The molecule has 2 N–H and O–H groups in total. The van der Waals surface area contributed by atoms with Crippen LogP contribution in [0.15, 0.2) is 57.8 Å². The van der Waals surface area contributed by atoms with E-state index < -0.39 is 27.6 Å². The number of carbonyl (C=O) groups is 2. The molecule has 0 unspecified atom stereocenters. The van der Waals surface area contributed by atoms with Gasteiger partial charge in [0.25, 0.3) is 10.0 Å². The first kappa shape index (κ1) is 34.6. The van der Waals surface area contributed by atoms with Crippen molar-refractivity contribution in [3.05, 3.63) is 54.3 Å². The Bertz CT molecular complexity index is 1480. The van der Waals surface area contributed by atoms with Crippen molar-refractivity contribution in [3.63, 3.8) is 0 Å². The summed E-state index contributed by atoms with van der Waals surface area (Å²) in [7, 11) is -0.513. The van der Waals surface area contributed by atoms with Crippen LogP contribution in [0.1, 0.15) is 31.3 Å². The van der Waals surface area contributed by atoms with Gasteiger partial charge in [-0.05, 0) is 51.1 Å². The number of nitrogens with one attached hydrogen (secondary N) is 2. The molecule has 0 saturated carbocycles. The number of anilines is 1. The van der Waals surface area contributed by atoms with Crippen LogP contribution in [0.25, 0.3) is 11.0 Å². The third-order valence-corrected chi connectivity index (χ3v) is 7.12. The molecule has 3 aromatic rings. The number of benzene rings is 2. The molecule has 242 valence electrons. The Morgan fingerprint density at radius 2 is 1.50 bits per heavy atom. The lowest BCUT2D eigenvalue weighted by molar-refractivity contribution is 0.00890. The lowest BCUT2D eigenvalue weighted by atomic mass is 10.2. The number of rotatable bonds is 17. The zero-order chi connectivity index (χ0) is 32.2. The number of fused-ring (bicyclic) bond motifs is 1. The summed E-state index contributed by atoms with van der Waals surface area (Å²) in [5.41, 5.74) is 0.791. The van der Waals surface area contributed by atoms with Crippen LogP contribution in [0, 0.1) is 0 Å². The van der Waals surface area contributed by atoms with Crippen molar-refractivity contribution in [1.82, 2.24) is 10.0 Å². The van der Waals surface area contributed by atoms with Gasteiger partial charge < -0.3 is 38.3 Å². The van der Waals surface area contributed by atoms with Gasteiger partial charge in [0.05, 0.1) is 39.6 Å². The fourth-order valence-electron chi connectivity index (χ4n) is 3.72. The van der Waals surface area contributed by atoms with Gasteiger partial charge in [0.1, 0.15) is 28.4 Å². The van der Waals surface area contributed by atoms with Gasteiger partial charge in [-0.25, -0.2) is 17.9 Å². The van der Waals surface area contributed by atoms with Gasteiger partial charge in [-0.3, -0.25) is 4.79 Å². The van der Waals surface area contributed by atoms with E-state index >= 15 is 0 Å². The molecule has 0 bridgehead atoms. The number of furan rings is 1. The molecule has 2 amide bonds. The lowest BCUT2D eigenvalue weighted by Gasteiger charge is -2.19. The van der Waals surface area contributed by atoms with Gasteiger partial charge in [0, 0.05) is 37.8 Å². The summed E-state index contributed by atoms with van der Waals surface area (Å²) in [4.78, 5) is 26.0. The van der Waals surface area contributed by atoms with E-state index in [1.807, 2.05) is 25.1 Å². The first-order valence-corrected chi connectivity index (χ1v) is 15.5. The first-order valence-electron chi connectivity index (χ1n) is 14.1. The van der Waals surface area contributed by atoms with Crippen LogP contribution in [0.5, 0.6) is 5.75 Å². The van der Waals surface area contributed by atoms with E-state index in [0.717, 1.165) is 5.69 Å². The van der Waals surface area contributed by atoms with Crippen LogP contribution < -0.4 is 19.7 Å². The van der Waals surface area contributed by atoms with Gasteiger partial charge in [-0.2, -0.15) is 0 Å². The van der Waals surface area contributed by atoms with Gasteiger partial charge in [-0.1, -0.05) is 12.1 Å². The van der Waals surface area contributed by atoms with Gasteiger partial charge in [-0.15, -0.1) is 0 Å². The fraction of sp³-hybridized carbons (Fsp3) is 0.467. The summed E-state index contributed by atoms with van der Waals surface area (Å²) >= 11 is 0. The molecule has 13 nitrogen and oxygen atoms in total. The van der Waals surface area contributed by atoms with Crippen LogP contribution in [0.2, 0.25) is 0 Å². The average molecular weight is 636 g/mol. The van der Waals surface area contributed by atoms with Crippen molar-refractivity contribution in [2.75, 3.05) is 71.8 Å². The molecule has 0 aliphatic carbocycles. The zero-order valence-corrected chi connectivity index (χ0v) is 26.5. The SMILES string of the molecule is CN(C)c1ccc2cc(C(=O)NS(=O)(=O)c3ccccc3OCCOCCOCCOCCNC(=O)OC(C)(C)C)oc2c1. The summed E-state index contributed by atoms with van der Waals surface area (Å²) in [6.07, 6.45) is -0.492. The number of hydrogen-bond acceptors (Lipinski definition) is 11. The molecule has 1 heterocycles. The smallest absolute Gasteiger partial charge is 0.407 e. The van der Waals surface area contributed by atoms with Crippen LogP contribution in [-0.2, 0) is 29.0 Å². The number of ether oxygens (including phenoxy) is 5. The molecule has 3 rings (SSSR count). The van der Waals surface area contributed by atoms with E-state index in [-0.39, 0.29) is 29.6 Å². The number of sulfonamides is 1. The van der Waals surface area contributed by atoms with Crippen molar-refractivity contribution in [1.29, 1.82) is 0 Å². The van der Waals surface area contributed by atoms with Crippen molar-refractivity contribution >= 4 is 38.7 Å². The second-order valence-electron chi connectivity index (χ2n) is 10.7. The Kier molecular flexibility index (Phi) is 12.8. The maximum absolute atomic E-state index is 13.1. The molecular weight excluding hydrogens is 594 g/mol. The molecule has 0 aliphatic rings. The molecule has 14 heteroatoms. The highest BCUT2D eigenvalue weighted by molar-refractivity contribution is 7.90. The largest absolute Gasteiger partial charge is 0.490 e. The Labute approximate surface area is 257 Å². The number of para-hydroxylation sites is 1. The number of nitrogens with zero attached hydrogens (tertiary/aromatic N) is 1. The molecule has 0 spiro atoms. The number of hydrogen-bond donors (Lipinski definition) is 2. The third-order valence-electron chi connectivity index (χ3n) is 5.75. The molecule has 0 atom stereocenters. The van der Waals surface area contributed by atoms with E-state index in [2.05, 4.69) is 10.0 Å². The minimum atomic E-state index is -4.27. The number of amides is 2. The summed E-state index contributed by atoms with van der Waals surface area (Å²) in [5, 5.41) is 3.27. The minimum Gasteiger partial charge on any atom is -0.490 e. The highest BCUT2D eigenvalue weighted by Crippen LogP contribution is 2.26. The summed E-state index contributed by atoms with van der Waals surface area (Å²) in [5.74, 6) is -0.949. The minimum absolute atomic E-state index is 0.0752. The Morgan fingerprint density at radius 3 is 2.16 bits per heavy atom. The van der Waals surface area contributed by atoms with E-state index in [0.29, 0.717) is 50.5 Å². The average Bonchev–Trinajstić information content (AvgIpc) is 3.38. The summed E-state index contributed by atoms with van der Waals surface area (Å²) in [6.45, 7) is 7.63. The van der Waals surface area contributed by atoms with Gasteiger partial charge >= 0.3 is 12.0 Å². The van der Waals surface area contributed by atoms with E-state index in [1.165, 1.54) is 24.3 Å². The highest BCUT2D eigenvalue weighted by atomic mass is 32.2. The second-order valence-corrected chi connectivity index (χ2v) is 12.4. The molecule has 0 saturated heterocycles. The quantitative estimate of drug-likeness (QED) is 0.209. The van der Waals surface area contributed by atoms with Crippen LogP contribution in [-0.4, -0.2) is 92.9 Å². The third kappa shape index (κ3) is 11.3. The highest BCUT2D eigenvalue weighted by Gasteiger charge is 2.25. The molecule has 0 fully saturated rings. The standard InChI is InChI=1S/C30H41N3O10S/c1-30(2,3)43-29(35)31-12-13-38-14-15-39-16-17-40-18-19-41-24-8-6-7-9-27(24)44(36,37)32-28(34)26-20-22-10-11-23(33(4)5)21-25(22)42-26/h6-11,20-21H,12-19H2,1-5H3,(H,31,35)(H,32,34). The molecule has 2 aromatic carbocycles. The van der Waals surface area contributed by atoms with Crippen molar-refractivity contribution in [2.24, 2.45) is 0 Å². The first-order chi connectivity index (χ1) is 20.9. The molecule has 44 heavy (non-hydrogen) atoms. The van der Waals surface area contributed by atoms with Gasteiger partial charge in [0.2, 0.25) is 0 Å². The molecule has 1 aromatic heterocycles. The molecule has 0 radical (unpaired) electrons. The van der Waals surface area contributed by atoms with Gasteiger partial charge in [0.15, 0.2) is 5.76 Å². The lowest BCUT2D eigenvalue weighted by Crippen LogP contribution is -2.34. The number of alkyl carbamates (subject to hydrolysis) is 1. The Balaban J connectivity index is 1.34. The monoisotopic (exact) mass is 635 g/mol. The predicted octanol–water partition coefficient (Wildman–Crippen LogP) is 3.57. The van der Waals surface area contributed by atoms with Crippen molar-refractivity contribution in [3.8, 4) is 5.75 Å². The number of carbonyl (C=O) groups excluding carboxylic acids is 2. The van der Waals surface area contributed by atoms with Crippen LogP contribution >= 0.6 is 0 Å². The van der Waals surface area contributed by atoms with E-state index in [1.54, 1.807) is 39.0 Å². The maximum atomic E-state index is 13.1. The van der Waals surface area contributed by atoms with Crippen LogP contribution in [0.3, 0.4) is 0 Å². The molecule has 0 aliphatic heterocycles. The predicted molar refractivity (Wildman–Crippen MR) is 164 cm³/mol. The second kappa shape index (κ2) is 16.3. The van der Waals surface area contributed by atoms with Crippen LogP contribution in [0.4, 0.5) is 10.5 Å². The van der Waals surface area contributed by atoms with Crippen molar-refractivity contribution < 1.29 is 46.1 Å². The Morgan fingerprint density at radius 1 is 0.864 bits per heavy atom. The van der Waals surface area contributed by atoms with E-state index in [4.69, 9.17) is 28.1 Å². The summed E-state index contributed by atoms with van der Waals surface area (Å²) < 4.78 is 60.8. The topological polar surface area (TPSA) is 155 Å². The Hall–Kier alpha value is -3.85. The fourth-order valence-corrected chi connectivity index (χ4v) is 4.82. The zero-order valence-electron chi connectivity index (χ0n) is 25.7. The maximum Gasteiger partial charge on any atom is 0.407 e.